The molecule has 0 atom stereocenters. The van der Waals surface area contributed by atoms with Gasteiger partial charge in [0.1, 0.15) is 5.82 Å². The van der Waals surface area contributed by atoms with E-state index in [4.69, 9.17) is 10.7 Å². The van der Waals surface area contributed by atoms with Gasteiger partial charge in [-0.2, -0.15) is 0 Å². The summed E-state index contributed by atoms with van der Waals surface area (Å²) in [6, 6.07) is 12.4. The third-order valence-corrected chi connectivity index (χ3v) is 4.82. The predicted octanol–water partition coefficient (Wildman–Crippen LogP) is 4.49. The molecule has 25 heavy (non-hydrogen) atoms. The molecule has 2 aromatic heterocycles. The molecule has 4 nitrogen and oxygen atoms in total. The first kappa shape index (κ1) is 17.3. The molecule has 3 N–H and O–H groups in total. The highest BCUT2D eigenvalue weighted by Crippen LogP contribution is 2.28. The number of hydrogen-bond acceptors (Lipinski definition) is 5. The normalized spacial score (nSPS) is 10.6. The van der Waals surface area contributed by atoms with Gasteiger partial charge in [-0.05, 0) is 55.5 Å². The zero-order chi connectivity index (χ0) is 17.6. The maximum Gasteiger partial charge on any atom is 0.171 e. The van der Waals surface area contributed by atoms with Gasteiger partial charge in [-0.1, -0.05) is 24.3 Å². The number of hydrogen-bond donors (Lipinski definition) is 2. The zero-order valence-electron chi connectivity index (χ0n) is 14.3. The molecule has 3 aromatic rings. The minimum absolute atomic E-state index is 0.658. The molecular weight excluding hydrogens is 328 g/mol. The molecule has 0 amide bonds. The predicted molar refractivity (Wildman–Crippen MR) is 106 cm³/mol. The fourth-order valence-electron chi connectivity index (χ4n) is 2.66. The quantitative estimate of drug-likeness (QED) is 0.616. The van der Waals surface area contributed by atoms with Crippen molar-refractivity contribution in [2.75, 3.05) is 11.9 Å². The van der Waals surface area contributed by atoms with Crippen molar-refractivity contribution in [3.63, 3.8) is 0 Å². The lowest BCUT2D eigenvalue weighted by atomic mass is 10.1. The van der Waals surface area contributed by atoms with Gasteiger partial charge in [0.2, 0.25) is 0 Å². The molecule has 5 heteroatoms. The molecule has 128 valence electrons. The molecule has 3 rings (SSSR count). The van der Waals surface area contributed by atoms with E-state index >= 15 is 0 Å². The van der Waals surface area contributed by atoms with Crippen LogP contribution in [0.5, 0.6) is 0 Å². The van der Waals surface area contributed by atoms with E-state index < -0.39 is 0 Å². The summed E-state index contributed by atoms with van der Waals surface area (Å²) in [4.78, 5) is 10.5. The lowest BCUT2D eigenvalue weighted by molar-refractivity contribution is 0.969. The van der Waals surface area contributed by atoms with Crippen LogP contribution in [0.1, 0.15) is 16.8 Å². The summed E-state index contributed by atoms with van der Waals surface area (Å²) in [7, 11) is 0. The molecule has 0 aliphatic heterocycles. The van der Waals surface area contributed by atoms with Gasteiger partial charge >= 0.3 is 0 Å². The molecule has 0 unspecified atom stereocenters. The Morgan fingerprint density at radius 1 is 1.20 bits per heavy atom. The first-order chi connectivity index (χ1) is 12.2. The summed E-state index contributed by atoms with van der Waals surface area (Å²) in [6.45, 7) is 6.54. The molecule has 0 aliphatic carbocycles. The summed E-state index contributed by atoms with van der Waals surface area (Å²) in [5, 5.41) is 5.48. The second kappa shape index (κ2) is 8.05. The van der Waals surface area contributed by atoms with Crippen LogP contribution >= 0.6 is 11.3 Å². The minimum atomic E-state index is 0.658. The van der Waals surface area contributed by atoms with E-state index in [9.17, 15) is 0 Å². The molecule has 0 fully saturated rings. The van der Waals surface area contributed by atoms with Gasteiger partial charge in [0.15, 0.2) is 5.82 Å². The Morgan fingerprint density at radius 2 is 2.00 bits per heavy atom. The van der Waals surface area contributed by atoms with Crippen LogP contribution in [-0.4, -0.2) is 16.5 Å². The number of thiophene rings is 1. The maximum atomic E-state index is 5.61. The summed E-state index contributed by atoms with van der Waals surface area (Å²) >= 11 is 1.64. The monoisotopic (exact) mass is 350 g/mol. The molecule has 2 heterocycles. The molecule has 0 spiro atoms. The van der Waals surface area contributed by atoms with E-state index in [1.807, 2.05) is 30.5 Å². The van der Waals surface area contributed by atoms with Crippen LogP contribution in [0.4, 0.5) is 11.5 Å². The van der Waals surface area contributed by atoms with Crippen LogP contribution < -0.4 is 11.1 Å². The van der Waals surface area contributed by atoms with Crippen molar-refractivity contribution in [1.82, 2.24) is 9.97 Å². The number of allylic oxidation sites excluding steroid dienone is 1. The first-order valence-corrected chi connectivity index (χ1v) is 9.17. The number of aryl methyl sites for hydroxylation is 1. The standard InChI is InChI=1S/C20H22N4S/c1-3-5-17-14(2)22-20(18-6-4-13-25-18)24-19(17)23-16-9-7-15(8-10-16)11-12-21/h3-4,6-10,13H,1,5,11-12,21H2,2H3,(H,22,23,24). The summed E-state index contributed by atoms with van der Waals surface area (Å²) in [5.41, 5.74) is 9.89. The average Bonchev–Trinajstić information content (AvgIpc) is 3.14. The van der Waals surface area contributed by atoms with E-state index in [1.165, 1.54) is 5.56 Å². The topological polar surface area (TPSA) is 63.8 Å². The molecular formula is C20H22N4S. The highest BCUT2D eigenvalue weighted by Gasteiger charge is 2.13. The van der Waals surface area contributed by atoms with Crippen LogP contribution in [0.15, 0.2) is 54.4 Å². The van der Waals surface area contributed by atoms with E-state index in [1.54, 1.807) is 11.3 Å². The van der Waals surface area contributed by atoms with Crippen molar-refractivity contribution < 1.29 is 0 Å². The van der Waals surface area contributed by atoms with E-state index in [0.717, 1.165) is 46.3 Å². The van der Waals surface area contributed by atoms with Crippen molar-refractivity contribution >= 4 is 22.8 Å². The molecule has 0 radical (unpaired) electrons. The Hall–Kier alpha value is -2.50. The first-order valence-electron chi connectivity index (χ1n) is 8.29. The van der Waals surface area contributed by atoms with Crippen LogP contribution in [-0.2, 0) is 12.8 Å². The number of aromatic nitrogens is 2. The van der Waals surface area contributed by atoms with E-state index in [-0.39, 0.29) is 0 Å². The van der Waals surface area contributed by atoms with Crippen molar-refractivity contribution in [2.45, 2.75) is 19.8 Å². The SMILES string of the molecule is C=CCc1c(C)nc(-c2cccs2)nc1Nc1ccc(CCN)cc1. The lowest BCUT2D eigenvalue weighted by Gasteiger charge is -2.14. The number of nitrogens with zero attached hydrogens (tertiary/aromatic N) is 2. The van der Waals surface area contributed by atoms with Crippen molar-refractivity contribution in [2.24, 2.45) is 5.73 Å². The number of nitrogens with two attached hydrogens (primary N) is 1. The Bertz CT molecular complexity index is 839. The summed E-state index contributed by atoms with van der Waals surface area (Å²) in [5.74, 6) is 1.59. The van der Waals surface area contributed by atoms with Crippen molar-refractivity contribution in [3.8, 4) is 10.7 Å². The van der Waals surface area contributed by atoms with Gasteiger partial charge in [-0.3, -0.25) is 0 Å². The highest BCUT2D eigenvalue weighted by atomic mass is 32.1. The Balaban J connectivity index is 1.96. The highest BCUT2D eigenvalue weighted by molar-refractivity contribution is 7.13. The number of nitrogens with one attached hydrogen (secondary N) is 1. The van der Waals surface area contributed by atoms with Gasteiger partial charge in [-0.15, -0.1) is 17.9 Å². The number of rotatable bonds is 7. The van der Waals surface area contributed by atoms with Crippen molar-refractivity contribution in [3.05, 3.63) is 71.3 Å². The fraction of sp³-hybridized carbons (Fsp3) is 0.200. The van der Waals surface area contributed by atoms with Gasteiger partial charge in [0.25, 0.3) is 0 Å². The third-order valence-electron chi connectivity index (χ3n) is 3.95. The number of benzene rings is 1. The van der Waals surface area contributed by atoms with Crippen molar-refractivity contribution in [1.29, 1.82) is 0 Å². The molecule has 0 saturated carbocycles. The van der Waals surface area contributed by atoms with Crippen LogP contribution in [0, 0.1) is 6.92 Å². The second-order valence-electron chi connectivity index (χ2n) is 5.79. The van der Waals surface area contributed by atoms with E-state index in [2.05, 4.69) is 41.1 Å². The van der Waals surface area contributed by atoms with Crippen LogP contribution in [0.25, 0.3) is 10.7 Å². The Kier molecular flexibility index (Phi) is 5.58. The van der Waals surface area contributed by atoms with E-state index in [0.29, 0.717) is 6.54 Å². The zero-order valence-corrected chi connectivity index (χ0v) is 15.1. The van der Waals surface area contributed by atoms with Gasteiger partial charge in [-0.25, -0.2) is 9.97 Å². The van der Waals surface area contributed by atoms with Gasteiger partial charge in [0, 0.05) is 16.9 Å². The Morgan fingerprint density at radius 3 is 2.64 bits per heavy atom. The summed E-state index contributed by atoms with van der Waals surface area (Å²) < 4.78 is 0. The maximum absolute atomic E-state index is 5.61. The van der Waals surface area contributed by atoms with Gasteiger partial charge in [0.05, 0.1) is 4.88 Å². The second-order valence-corrected chi connectivity index (χ2v) is 6.74. The van der Waals surface area contributed by atoms with Gasteiger partial charge < -0.3 is 11.1 Å². The molecule has 0 aliphatic rings. The average molecular weight is 350 g/mol. The summed E-state index contributed by atoms with van der Waals surface area (Å²) in [6.07, 6.45) is 3.49. The largest absolute Gasteiger partial charge is 0.340 e. The fourth-order valence-corrected chi connectivity index (χ4v) is 3.32. The number of anilines is 2. The smallest absolute Gasteiger partial charge is 0.171 e. The minimum Gasteiger partial charge on any atom is -0.340 e. The lowest BCUT2D eigenvalue weighted by Crippen LogP contribution is -2.05. The molecule has 0 bridgehead atoms. The Labute approximate surface area is 152 Å². The van der Waals surface area contributed by atoms with Crippen LogP contribution in [0.3, 0.4) is 0 Å². The molecule has 0 saturated heterocycles. The van der Waals surface area contributed by atoms with Crippen LogP contribution in [0.2, 0.25) is 0 Å². The third kappa shape index (κ3) is 4.13. The molecule has 1 aromatic carbocycles.